The highest BCUT2D eigenvalue weighted by molar-refractivity contribution is 5.90. The molecular weight excluding hydrogens is 394 g/mol. The predicted molar refractivity (Wildman–Crippen MR) is 115 cm³/mol. The van der Waals surface area contributed by atoms with E-state index in [9.17, 15) is 14.7 Å². The average molecular weight is 421 g/mol. The minimum atomic E-state index is -0.682. The summed E-state index contributed by atoms with van der Waals surface area (Å²) >= 11 is 0. The smallest absolute Gasteiger partial charge is 0.231 e. The fourth-order valence-corrected chi connectivity index (χ4v) is 4.18. The molecule has 3 aromatic rings. The van der Waals surface area contributed by atoms with Gasteiger partial charge in [0, 0.05) is 44.4 Å². The summed E-state index contributed by atoms with van der Waals surface area (Å²) in [5.41, 5.74) is 4.04. The van der Waals surface area contributed by atoms with Crippen molar-refractivity contribution in [1.29, 1.82) is 0 Å². The molecule has 1 fully saturated rings. The van der Waals surface area contributed by atoms with E-state index in [0.717, 1.165) is 16.8 Å². The molecule has 1 N–H and O–H groups in total. The molecule has 0 saturated carbocycles. The van der Waals surface area contributed by atoms with E-state index in [1.807, 2.05) is 31.4 Å². The number of carbonyl (C=O) groups is 2. The van der Waals surface area contributed by atoms with Gasteiger partial charge in [-0.2, -0.15) is 0 Å². The summed E-state index contributed by atoms with van der Waals surface area (Å²) in [7, 11) is 2.01. The minimum Gasteiger partial charge on any atom is -0.391 e. The molecular formula is C24H27N3O4. The Balaban J connectivity index is 1.36. The zero-order valence-corrected chi connectivity index (χ0v) is 17.8. The van der Waals surface area contributed by atoms with E-state index in [1.54, 1.807) is 13.0 Å². The Morgan fingerprint density at radius 3 is 2.65 bits per heavy atom. The van der Waals surface area contributed by atoms with Crippen LogP contribution in [0.4, 0.5) is 0 Å². The second-order valence-electron chi connectivity index (χ2n) is 8.23. The Kier molecular flexibility index (Phi) is 6.04. The van der Waals surface area contributed by atoms with Crippen molar-refractivity contribution in [1.82, 2.24) is 14.6 Å². The fourth-order valence-electron chi connectivity index (χ4n) is 4.18. The van der Waals surface area contributed by atoms with Gasteiger partial charge < -0.3 is 19.1 Å². The lowest BCUT2D eigenvalue weighted by Crippen LogP contribution is -2.41. The van der Waals surface area contributed by atoms with Gasteiger partial charge in [-0.1, -0.05) is 29.4 Å². The molecule has 0 radical (unpaired) electrons. The highest BCUT2D eigenvalue weighted by Gasteiger charge is 2.38. The van der Waals surface area contributed by atoms with E-state index < -0.39 is 12.1 Å². The lowest BCUT2D eigenvalue weighted by atomic mass is 10.00. The third kappa shape index (κ3) is 4.77. The molecule has 31 heavy (non-hydrogen) atoms. The first-order valence-corrected chi connectivity index (χ1v) is 10.5. The van der Waals surface area contributed by atoms with E-state index in [2.05, 4.69) is 27.9 Å². The normalized spacial score (nSPS) is 18.5. The summed E-state index contributed by atoms with van der Waals surface area (Å²) in [6.45, 7) is 1.96. The van der Waals surface area contributed by atoms with Crippen LogP contribution in [0, 0.1) is 6.92 Å². The molecule has 7 heteroatoms. The number of nitrogens with zero attached hydrogens (tertiary/aromatic N) is 3. The van der Waals surface area contributed by atoms with Crippen molar-refractivity contribution in [3.63, 3.8) is 0 Å². The van der Waals surface area contributed by atoms with Crippen LogP contribution in [-0.2, 0) is 29.5 Å². The van der Waals surface area contributed by atoms with Crippen LogP contribution in [0.3, 0.4) is 0 Å². The lowest BCUT2D eigenvalue weighted by molar-refractivity contribution is -0.137. The van der Waals surface area contributed by atoms with E-state index in [0.29, 0.717) is 24.3 Å². The molecule has 0 bridgehead atoms. The first-order valence-electron chi connectivity index (χ1n) is 10.5. The fraction of sp³-hybridized carbons (Fsp3) is 0.375. The van der Waals surface area contributed by atoms with Gasteiger partial charge in [-0.25, -0.2) is 0 Å². The van der Waals surface area contributed by atoms with Gasteiger partial charge in [-0.05, 0) is 36.6 Å². The van der Waals surface area contributed by atoms with Crippen molar-refractivity contribution < 1.29 is 19.2 Å². The number of aryl methyl sites for hydroxylation is 3. The number of carbonyl (C=O) groups excluding carboxylic acids is 2. The van der Waals surface area contributed by atoms with Gasteiger partial charge in [-0.15, -0.1) is 0 Å². The van der Waals surface area contributed by atoms with Crippen molar-refractivity contribution >= 4 is 11.7 Å². The van der Waals surface area contributed by atoms with Gasteiger partial charge in [-0.3, -0.25) is 9.59 Å². The van der Waals surface area contributed by atoms with Gasteiger partial charge in [0.1, 0.15) is 5.76 Å². The molecule has 4 rings (SSSR count). The maximum absolute atomic E-state index is 12.9. The Labute approximate surface area is 181 Å². The maximum atomic E-state index is 12.9. The number of hydrogen-bond donors (Lipinski definition) is 1. The van der Waals surface area contributed by atoms with E-state index >= 15 is 0 Å². The molecule has 162 valence electrons. The van der Waals surface area contributed by atoms with E-state index in [4.69, 9.17) is 4.52 Å². The molecule has 7 nitrogen and oxygen atoms in total. The zero-order valence-electron chi connectivity index (χ0n) is 17.8. The Morgan fingerprint density at radius 1 is 1.23 bits per heavy atom. The summed E-state index contributed by atoms with van der Waals surface area (Å²) in [5, 5.41) is 13.9. The number of rotatable bonds is 7. The van der Waals surface area contributed by atoms with Crippen LogP contribution < -0.4 is 0 Å². The number of β-amino-alcohol motifs (C(OH)–C–C–N with tert-alkyl or cyclic N) is 1. The Hall–Kier alpha value is -3.19. The van der Waals surface area contributed by atoms with Crippen LogP contribution in [0.2, 0.25) is 0 Å². The molecule has 1 aromatic carbocycles. The molecule has 3 heterocycles. The van der Waals surface area contributed by atoms with Crippen molar-refractivity contribution in [3.8, 4) is 11.3 Å². The minimum absolute atomic E-state index is 0.0230. The highest BCUT2D eigenvalue weighted by atomic mass is 16.5. The lowest BCUT2D eigenvalue weighted by Gasteiger charge is -2.23. The molecule has 0 unspecified atom stereocenters. The van der Waals surface area contributed by atoms with Gasteiger partial charge in [0.2, 0.25) is 5.91 Å². The van der Waals surface area contributed by atoms with Crippen molar-refractivity contribution in [2.24, 2.45) is 7.05 Å². The first-order chi connectivity index (χ1) is 14.9. The van der Waals surface area contributed by atoms with Gasteiger partial charge >= 0.3 is 0 Å². The molecule has 0 aliphatic carbocycles. The van der Waals surface area contributed by atoms with Crippen molar-refractivity contribution in [2.45, 2.75) is 44.8 Å². The van der Waals surface area contributed by atoms with Crippen LogP contribution >= 0.6 is 0 Å². The summed E-state index contributed by atoms with van der Waals surface area (Å²) in [6.07, 6.45) is 2.58. The van der Waals surface area contributed by atoms with E-state index in [-0.39, 0.29) is 31.1 Å². The standard InChI is InChI=1S/C24H27N3O4/c1-16-12-20(31-25-16)14-24(30)27-15-19(28)13-22(27)23(29)10-7-17-5-8-18(9-6-17)21-4-3-11-26(21)2/h3-6,8-9,11-12,19,22,28H,7,10,13-15H2,1-2H3/t19-,22+/m1/s1. The number of likely N-dealkylation sites (tertiary alicyclic amines) is 1. The van der Waals surface area contributed by atoms with Gasteiger partial charge in [0.05, 0.1) is 24.3 Å². The quantitative estimate of drug-likeness (QED) is 0.634. The molecule has 1 aliphatic rings. The van der Waals surface area contributed by atoms with E-state index in [1.165, 1.54) is 4.90 Å². The number of aromatic nitrogens is 2. The second kappa shape index (κ2) is 8.89. The van der Waals surface area contributed by atoms with Crippen LogP contribution in [0.15, 0.2) is 53.2 Å². The number of aliphatic hydroxyl groups is 1. The van der Waals surface area contributed by atoms with Crippen LogP contribution in [0.1, 0.15) is 29.9 Å². The molecule has 2 atom stereocenters. The summed E-state index contributed by atoms with van der Waals surface area (Å²) in [5.74, 6) is 0.219. The third-order valence-corrected chi connectivity index (χ3v) is 5.83. The molecule has 1 saturated heterocycles. The predicted octanol–water partition coefficient (Wildman–Crippen LogP) is 2.69. The van der Waals surface area contributed by atoms with Gasteiger partial charge in [0.15, 0.2) is 5.78 Å². The van der Waals surface area contributed by atoms with Crippen LogP contribution in [0.25, 0.3) is 11.3 Å². The number of benzene rings is 1. The van der Waals surface area contributed by atoms with Crippen molar-refractivity contribution in [2.75, 3.05) is 6.54 Å². The topological polar surface area (TPSA) is 88.6 Å². The molecule has 0 spiro atoms. The largest absolute Gasteiger partial charge is 0.391 e. The Bertz CT molecular complexity index is 1070. The number of ketones is 1. The number of amides is 1. The monoisotopic (exact) mass is 421 g/mol. The first kappa shape index (κ1) is 21.1. The van der Waals surface area contributed by atoms with Crippen LogP contribution in [0.5, 0.6) is 0 Å². The summed E-state index contributed by atoms with van der Waals surface area (Å²) < 4.78 is 7.18. The zero-order chi connectivity index (χ0) is 22.0. The number of Topliss-reactive ketones (excluding diaryl/α,β-unsaturated/α-hetero) is 1. The Morgan fingerprint density at radius 2 is 2.00 bits per heavy atom. The number of aliphatic hydroxyl groups excluding tert-OH is 1. The molecule has 1 aliphatic heterocycles. The molecule has 1 amide bonds. The summed E-state index contributed by atoms with van der Waals surface area (Å²) in [4.78, 5) is 27.1. The van der Waals surface area contributed by atoms with Crippen LogP contribution in [-0.4, -0.2) is 50.1 Å². The maximum Gasteiger partial charge on any atom is 0.231 e. The van der Waals surface area contributed by atoms with Gasteiger partial charge in [0.25, 0.3) is 0 Å². The number of hydrogen-bond acceptors (Lipinski definition) is 5. The SMILES string of the molecule is Cc1cc(CC(=O)N2C[C@H](O)C[C@H]2C(=O)CCc2ccc(-c3cccn3C)cc2)on1. The summed E-state index contributed by atoms with van der Waals surface area (Å²) in [6, 6.07) is 13.4. The second-order valence-corrected chi connectivity index (χ2v) is 8.23. The average Bonchev–Trinajstić information content (AvgIpc) is 3.46. The molecule has 2 aromatic heterocycles. The van der Waals surface area contributed by atoms with Crippen molar-refractivity contribution in [3.05, 3.63) is 65.7 Å². The third-order valence-electron chi connectivity index (χ3n) is 5.83. The highest BCUT2D eigenvalue weighted by Crippen LogP contribution is 2.23.